The van der Waals surface area contributed by atoms with Gasteiger partial charge < -0.3 is 19.8 Å². The third-order valence-electron chi connectivity index (χ3n) is 10.5. The van der Waals surface area contributed by atoms with Gasteiger partial charge in [-0.15, -0.1) is 11.8 Å². The first kappa shape index (κ1) is 34.2. The van der Waals surface area contributed by atoms with Crippen LogP contribution >= 0.6 is 23.1 Å². The molecule has 2 aliphatic carbocycles. The second-order valence-corrected chi connectivity index (χ2v) is 15.4. The number of hydrogen-bond donors (Lipinski definition) is 2. The number of amides is 3. The van der Waals surface area contributed by atoms with E-state index in [1.807, 2.05) is 6.07 Å². The lowest BCUT2D eigenvalue weighted by Gasteiger charge is -2.43. The number of aromatic amines is 1. The molecule has 2 bridgehead atoms. The third-order valence-corrected chi connectivity index (χ3v) is 13.0. The second kappa shape index (κ2) is 13.0. The van der Waals surface area contributed by atoms with Gasteiger partial charge in [-0.1, -0.05) is 35.6 Å². The minimum absolute atomic E-state index is 0.0686. The maximum atomic E-state index is 14.1. The number of alkyl halides is 3. The molecule has 1 saturated heterocycles. The molecular formula is C37H30F3N3O7S2. The number of aromatic nitrogens is 1. The summed E-state index contributed by atoms with van der Waals surface area (Å²) in [7, 11) is 0. The maximum Gasteiger partial charge on any atom is 0.418 e. The number of fused-ring (bicyclic) bond motifs is 9. The van der Waals surface area contributed by atoms with Gasteiger partial charge >= 0.3 is 17.0 Å². The zero-order chi connectivity index (χ0) is 36.5. The van der Waals surface area contributed by atoms with Crippen LogP contribution in [0.15, 0.2) is 82.6 Å². The van der Waals surface area contributed by atoms with Crippen molar-refractivity contribution in [1.29, 1.82) is 0 Å². The highest BCUT2D eigenvalue weighted by Gasteiger charge is 2.69. The number of imide groups is 1. The molecule has 3 fully saturated rings. The number of esters is 1. The lowest BCUT2D eigenvalue weighted by Crippen LogP contribution is -2.42. The summed E-state index contributed by atoms with van der Waals surface area (Å²) in [6, 6.07) is 17.9. The molecule has 7 atom stereocenters. The number of anilines is 2. The Balaban J connectivity index is 1.05. The van der Waals surface area contributed by atoms with E-state index in [0.717, 1.165) is 32.9 Å². The number of nitrogens with zero attached hydrogens (tertiary/aromatic N) is 1. The normalized spacial score (nSPS) is 25.8. The Labute approximate surface area is 302 Å². The number of ether oxygens (including phenoxy) is 2. The van der Waals surface area contributed by atoms with Crippen molar-refractivity contribution >= 4 is 58.2 Å². The molecule has 3 aromatic carbocycles. The summed E-state index contributed by atoms with van der Waals surface area (Å²) < 4.78 is 51.1. The highest BCUT2D eigenvalue weighted by Crippen LogP contribution is 2.68. The number of thioether (sulfide) groups is 1. The summed E-state index contributed by atoms with van der Waals surface area (Å²) in [6.45, 7) is 1.38. The van der Waals surface area contributed by atoms with E-state index in [9.17, 15) is 37.1 Å². The zero-order valence-electron chi connectivity index (χ0n) is 27.3. The van der Waals surface area contributed by atoms with Crippen LogP contribution in [0.1, 0.15) is 45.6 Å². The molecule has 1 aromatic heterocycles. The minimum Gasteiger partial charge on any atom is -0.484 e. The Hall–Kier alpha value is -4.89. The molecule has 0 radical (unpaired) electrons. The Morgan fingerprint density at radius 3 is 2.42 bits per heavy atom. The van der Waals surface area contributed by atoms with Crippen LogP contribution in [0.2, 0.25) is 0 Å². The number of carbonyl (C=O) groups excluding carboxylic acids is 4. The molecule has 8 rings (SSSR count). The lowest BCUT2D eigenvalue weighted by molar-refractivity contribution is -0.137. The fraction of sp³-hybridized carbons (Fsp3) is 0.324. The molecule has 15 heteroatoms. The van der Waals surface area contributed by atoms with Crippen molar-refractivity contribution in [3.05, 3.63) is 104 Å². The summed E-state index contributed by atoms with van der Waals surface area (Å²) in [5, 5.41) is 2.93. The smallest absolute Gasteiger partial charge is 0.418 e. The van der Waals surface area contributed by atoms with Gasteiger partial charge in [-0.05, 0) is 85.2 Å². The van der Waals surface area contributed by atoms with Gasteiger partial charge in [0.15, 0.2) is 6.61 Å². The van der Waals surface area contributed by atoms with E-state index in [1.165, 1.54) is 35.2 Å². The van der Waals surface area contributed by atoms with E-state index in [2.05, 4.69) is 10.3 Å². The van der Waals surface area contributed by atoms with Crippen molar-refractivity contribution in [2.24, 2.45) is 29.6 Å². The number of thiazole rings is 1. The van der Waals surface area contributed by atoms with Gasteiger partial charge in [0.1, 0.15) is 5.75 Å². The molecule has 2 N–H and O–H groups in total. The van der Waals surface area contributed by atoms with Gasteiger partial charge in [-0.3, -0.25) is 24.1 Å². The van der Waals surface area contributed by atoms with Crippen molar-refractivity contribution in [3.63, 3.8) is 0 Å². The standard InChI is InChI=1S/C37H30F3N3O7S2/c1-2-49-35(47)17-10-12-19(13-11-17)43-33(45)28-21-15-22(29(28)34(43)46)30-27(21)26(31-32(51-30)42-36(48)52-31)18-6-5-7-20(14-18)50-16-25(44)41-24-9-4-3-8-23(24)37(38,39)40/h3-14,21-22,26-30H,2,15-16H2,1H3,(H,41,44)(H,42,48)/t21-,22-,26-,27?,28?,29?,30?/m1/s1. The number of rotatable bonds is 8. The van der Waals surface area contributed by atoms with Gasteiger partial charge in [0.2, 0.25) is 11.8 Å². The third kappa shape index (κ3) is 5.70. The first-order valence-electron chi connectivity index (χ1n) is 16.7. The Morgan fingerprint density at radius 2 is 1.69 bits per heavy atom. The van der Waals surface area contributed by atoms with Crippen LogP contribution in [0.4, 0.5) is 24.5 Å². The zero-order valence-corrected chi connectivity index (χ0v) is 29.0. The van der Waals surface area contributed by atoms with E-state index in [-0.39, 0.29) is 57.9 Å². The van der Waals surface area contributed by atoms with Crippen LogP contribution in [-0.2, 0) is 25.3 Å². The second-order valence-electron chi connectivity index (χ2n) is 13.2. The van der Waals surface area contributed by atoms with Crippen molar-refractivity contribution in [3.8, 4) is 5.75 Å². The fourth-order valence-electron chi connectivity index (χ4n) is 8.58. The summed E-state index contributed by atoms with van der Waals surface area (Å²) in [4.78, 5) is 70.5. The van der Waals surface area contributed by atoms with Crippen LogP contribution in [0.5, 0.6) is 5.75 Å². The fourth-order valence-corrected chi connectivity index (χ4v) is 11.5. The molecule has 3 amide bonds. The molecular weight excluding hydrogens is 720 g/mol. The minimum atomic E-state index is -4.65. The van der Waals surface area contributed by atoms with E-state index in [1.54, 1.807) is 49.0 Å². The van der Waals surface area contributed by atoms with Crippen molar-refractivity contribution < 1.29 is 41.8 Å². The monoisotopic (exact) mass is 749 g/mol. The van der Waals surface area contributed by atoms with E-state index in [4.69, 9.17) is 9.47 Å². The largest absolute Gasteiger partial charge is 0.484 e. The van der Waals surface area contributed by atoms with Crippen LogP contribution in [0, 0.1) is 29.6 Å². The molecule has 4 unspecified atom stereocenters. The highest BCUT2D eigenvalue weighted by molar-refractivity contribution is 8.00. The predicted octanol–water partition coefficient (Wildman–Crippen LogP) is 6.33. The van der Waals surface area contributed by atoms with Gasteiger partial charge in [-0.2, -0.15) is 13.2 Å². The first-order chi connectivity index (χ1) is 24.9. The molecule has 4 aliphatic rings. The van der Waals surface area contributed by atoms with Crippen molar-refractivity contribution in [2.45, 2.75) is 35.7 Å². The average Bonchev–Trinajstić information content (AvgIpc) is 3.86. The highest BCUT2D eigenvalue weighted by atomic mass is 32.2. The lowest BCUT2D eigenvalue weighted by atomic mass is 9.68. The van der Waals surface area contributed by atoms with Gasteiger partial charge in [0.05, 0.1) is 46.0 Å². The van der Waals surface area contributed by atoms with Crippen molar-refractivity contribution in [1.82, 2.24) is 4.98 Å². The number of para-hydroxylation sites is 1. The molecule has 0 spiro atoms. The van der Waals surface area contributed by atoms with Gasteiger partial charge in [0.25, 0.3) is 5.91 Å². The van der Waals surface area contributed by atoms with Gasteiger partial charge in [0, 0.05) is 16.0 Å². The topological polar surface area (TPSA) is 135 Å². The number of benzene rings is 3. The van der Waals surface area contributed by atoms with Crippen LogP contribution in [0.25, 0.3) is 0 Å². The molecule has 3 heterocycles. The Morgan fingerprint density at radius 1 is 0.962 bits per heavy atom. The Kier molecular flexibility index (Phi) is 8.52. The summed E-state index contributed by atoms with van der Waals surface area (Å²) in [5.41, 5.74) is 0.151. The summed E-state index contributed by atoms with van der Waals surface area (Å²) in [5.74, 6) is -3.27. The maximum absolute atomic E-state index is 14.1. The molecule has 4 aromatic rings. The molecule has 268 valence electrons. The summed E-state index contributed by atoms with van der Waals surface area (Å²) >= 11 is 2.65. The van der Waals surface area contributed by atoms with Crippen molar-refractivity contribution in [2.75, 3.05) is 23.4 Å². The number of carbonyl (C=O) groups is 4. The number of nitrogens with one attached hydrogen (secondary N) is 2. The van der Waals surface area contributed by atoms with Gasteiger partial charge in [-0.25, -0.2) is 4.79 Å². The molecule has 10 nitrogen and oxygen atoms in total. The van der Waals surface area contributed by atoms with E-state index < -0.39 is 42.1 Å². The van der Waals surface area contributed by atoms with E-state index in [0.29, 0.717) is 23.4 Å². The van der Waals surface area contributed by atoms with Crippen LogP contribution < -0.4 is 19.8 Å². The molecule has 2 aliphatic heterocycles. The predicted molar refractivity (Wildman–Crippen MR) is 185 cm³/mol. The average molecular weight is 750 g/mol. The Bertz CT molecular complexity index is 2170. The van der Waals surface area contributed by atoms with Crippen LogP contribution in [-0.4, -0.2) is 47.1 Å². The quantitative estimate of drug-likeness (QED) is 0.158. The summed E-state index contributed by atoms with van der Waals surface area (Å²) in [6.07, 6.45) is -3.97. The van der Waals surface area contributed by atoms with Crippen LogP contribution in [0.3, 0.4) is 0 Å². The number of hydrogen-bond acceptors (Lipinski definition) is 9. The number of H-pyrrole nitrogens is 1. The SMILES string of the molecule is CCOC(=O)c1ccc(N2C(=O)C3C(C2=O)[C@@H]2C[C@H]3C3Sc4[nH]c(=O)sc4[C@H](c4cccc(OCC(=O)Nc5ccccc5C(F)(F)F)c4)C32)cc1. The molecule has 52 heavy (non-hydrogen) atoms. The number of halogens is 3. The molecule has 2 saturated carbocycles. The van der Waals surface area contributed by atoms with E-state index >= 15 is 0 Å². The first-order valence-corrected chi connectivity index (χ1v) is 18.4.